The molecule has 3 aromatic rings. The monoisotopic (exact) mass is 315 g/mol. The van der Waals surface area contributed by atoms with Crippen LogP contribution in [0.2, 0.25) is 0 Å². The molecule has 0 aliphatic carbocycles. The minimum absolute atomic E-state index is 0.188. The second kappa shape index (κ2) is 4.62. The number of hydrogen-bond acceptors (Lipinski definition) is 5. The van der Waals surface area contributed by atoms with E-state index in [9.17, 15) is 9.59 Å². The number of H-pyrrole nitrogens is 2. The smallest absolute Gasteiger partial charge is 0.266 e. The molecule has 1 atom stereocenters. The fraction of sp³-hybridized carbons (Fsp3) is 0.267. The van der Waals surface area contributed by atoms with E-state index < -0.39 is 5.60 Å². The van der Waals surface area contributed by atoms with Crippen LogP contribution >= 0.6 is 11.3 Å². The summed E-state index contributed by atoms with van der Waals surface area (Å²) in [5.74, 6) is 0. The summed E-state index contributed by atoms with van der Waals surface area (Å²) in [4.78, 5) is 27.6. The van der Waals surface area contributed by atoms with E-state index in [0.29, 0.717) is 23.4 Å². The van der Waals surface area contributed by atoms with Crippen molar-refractivity contribution in [2.24, 2.45) is 0 Å². The summed E-state index contributed by atoms with van der Waals surface area (Å²) < 4.78 is 6.25. The van der Waals surface area contributed by atoms with Gasteiger partial charge in [-0.3, -0.25) is 14.7 Å². The molecule has 112 valence electrons. The molecular formula is C15H13N3O3S. The van der Waals surface area contributed by atoms with Crippen LogP contribution in [0.15, 0.2) is 23.3 Å². The van der Waals surface area contributed by atoms with E-state index in [1.807, 2.05) is 6.07 Å². The van der Waals surface area contributed by atoms with Crippen molar-refractivity contribution in [2.45, 2.75) is 18.9 Å². The molecule has 3 aromatic heterocycles. The maximum Gasteiger partial charge on any atom is 0.266 e. The molecule has 1 unspecified atom stereocenters. The molecule has 1 aliphatic heterocycles. The maximum absolute atomic E-state index is 12.4. The number of carbonyl (C=O) groups excluding carboxylic acids is 1. The largest absolute Gasteiger partial charge is 0.361 e. The molecular weight excluding hydrogens is 302 g/mol. The number of aromatic amines is 2. The van der Waals surface area contributed by atoms with Gasteiger partial charge >= 0.3 is 0 Å². The van der Waals surface area contributed by atoms with Crippen molar-refractivity contribution in [1.29, 1.82) is 0 Å². The van der Waals surface area contributed by atoms with Gasteiger partial charge in [-0.05, 0) is 25.0 Å². The van der Waals surface area contributed by atoms with Gasteiger partial charge in [0.1, 0.15) is 4.70 Å². The number of nitrogens with zero attached hydrogens (tertiary/aromatic N) is 1. The molecule has 4 heterocycles. The lowest BCUT2D eigenvalue weighted by molar-refractivity contribution is -0.132. The van der Waals surface area contributed by atoms with Crippen molar-refractivity contribution < 1.29 is 9.53 Å². The van der Waals surface area contributed by atoms with Crippen LogP contribution in [-0.2, 0) is 21.6 Å². The van der Waals surface area contributed by atoms with Crippen LogP contribution < -0.4 is 5.56 Å². The molecule has 4 rings (SSSR count). The number of thiophene rings is 1. The SMILES string of the molecule is CC1(C=O)OCCc2c1[nH]c(=O)c1sc(-c3cn[nH]c3)cc21. The molecule has 7 heteroatoms. The van der Waals surface area contributed by atoms with Crippen molar-refractivity contribution in [2.75, 3.05) is 6.61 Å². The molecule has 0 saturated heterocycles. The number of fused-ring (bicyclic) bond motifs is 3. The molecule has 0 amide bonds. The van der Waals surface area contributed by atoms with Gasteiger partial charge in [0.2, 0.25) is 0 Å². The van der Waals surface area contributed by atoms with Gasteiger partial charge < -0.3 is 9.72 Å². The summed E-state index contributed by atoms with van der Waals surface area (Å²) in [5.41, 5.74) is 1.23. The third-order valence-corrected chi connectivity index (χ3v) is 5.24. The van der Waals surface area contributed by atoms with Gasteiger partial charge in [0.05, 0.1) is 18.5 Å². The van der Waals surface area contributed by atoms with Crippen LogP contribution in [0.4, 0.5) is 0 Å². The number of nitrogens with one attached hydrogen (secondary N) is 2. The number of carbonyl (C=O) groups is 1. The normalized spacial score (nSPS) is 21.0. The molecule has 0 saturated carbocycles. The summed E-state index contributed by atoms with van der Waals surface area (Å²) in [7, 11) is 0. The summed E-state index contributed by atoms with van der Waals surface area (Å²) in [6, 6.07) is 2.00. The maximum atomic E-state index is 12.4. The number of rotatable bonds is 2. The van der Waals surface area contributed by atoms with Gasteiger partial charge in [0.15, 0.2) is 11.9 Å². The van der Waals surface area contributed by atoms with E-state index >= 15 is 0 Å². The summed E-state index contributed by atoms with van der Waals surface area (Å²) in [6.07, 6.45) is 4.94. The molecule has 0 aromatic carbocycles. The van der Waals surface area contributed by atoms with Crippen molar-refractivity contribution >= 4 is 27.7 Å². The fourth-order valence-electron chi connectivity index (χ4n) is 2.91. The van der Waals surface area contributed by atoms with Gasteiger partial charge in [-0.2, -0.15) is 5.10 Å². The van der Waals surface area contributed by atoms with E-state index in [0.717, 1.165) is 27.7 Å². The minimum atomic E-state index is -1.08. The standard InChI is InChI=1S/C15H13N3O3S/c1-15(7-19)13-9(2-3-21-15)10-4-11(8-5-16-17-6-8)22-12(10)14(20)18-13/h4-7H,2-3H2,1H3,(H,16,17)(H,18,20). The molecule has 1 aliphatic rings. The highest BCUT2D eigenvalue weighted by atomic mass is 32.1. The summed E-state index contributed by atoms with van der Waals surface area (Å²) >= 11 is 1.43. The fourth-order valence-corrected chi connectivity index (χ4v) is 3.97. The average Bonchev–Trinajstić information content (AvgIpc) is 3.17. The molecule has 0 fully saturated rings. The number of pyridine rings is 1. The number of aromatic nitrogens is 3. The van der Waals surface area contributed by atoms with E-state index in [4.69, 9.17) is 4.74 Å². The second-order valence-electron chi connectivity index (χ2n) is 5.47. The van der Waals surface area contributed by atoms with Crippen LogP contribution in [0.3, 0.4) is 0 Å². The Labute approximate surface area is 129 Å². The minimum Gasteiger partial charge on any atom is -0.361 e. The van der Waals surface area contributed by atoms with E-state index in [-0.39, 0.29) is 5.56 Å². The van der Waals surface area contributed by atoms with E-state index in [1.165, 1.54) is 11.3 Å². The highest BCUT2D eigenvalue weighted by Crippen LogP contribution is 2.38. The Bertz CT molecular complexity index is 926. The highest BCUT2D eigenvalue weighted by Gasteiger charge is 2.35. The average molecular weight is 315 g/mol. The van der Waals surface area contributed by atoms with Gasteiger partial charge in [-0.1, -0.05) is 0 Å². The van der Waals surface area contributed by atoms with E-state index in [1.54, 1.807) is 19.3 Å². The predicted octanol–water partition coefficient (Wildman–Crippen LogP) is 1.97. The lowest BCUT2D eigenvalue weighted by Crippen LogP contribution is -2.37. The zero-order valence-corrected chi connectivity index (χ0v) is 12.6. The van der Waals surface area contributed by atoms with Crippen molar-refractivity contribution in [3.63, 3.8) is 0 Å². The first-order valence-electron chi connectivity index (χ1n) is 6.91. The van der Waals surface area contributed by atoms with Gasteiger partial charge in [0.25, 0.3) is 5.56 Å². The van der Waals surface area contributed by atoms with Gasteiger partial charge in [-0.15, -0.1) is 11.3 Å². The van der Waals surface area contributed by atoms with Crippen LogP contribution in [0.25, 0.3) is 20.5 Å². The topological polar surface area (TPSA) is 87.8 Å². The first kappa shape index (κ1) is 13.4. The van der Waals surface area contributed by atoms with E-state index in [2.05, 4.69) is 15.2 Å². The third-order valence-electron chi connectivity index (χ3n) is 4.06. The van der Waals surface area contributed by atoms with Crippen molar-refractivity contribution in [3.05, 3.63) is 40.1 Å². The van der Waals surface area contributed by atoms with Crippen LogP contribution in [-0.4, -0.2) is 28.1 Å². The summed E-state index contributed by atoms with van der Waals surface area (Å²) in [6.45, 7) is 2.14. The quantitative estimate of drug-likeness (QED) is 0.708. The first-order valence-corrected chi connectivity index (χ1v) is 7.72. The van der Waals surface area contributed by atoms with Crippen LogP contribution in [0.5, 0.6) is 0 Å². The molecule has 0 radical (unpaired) electrons. The zero-order chi connectivity index (χ0) is 15.3. The third kappa shape index (κ3) is 1.79. The zero-order valence-electron chi connectivity index (χ0n) is 11.8. The number of ether oxygens (including phenoxy) is 1. The van der Waals surface area contributed by atoms with Crippen molar-refractivity contribution in [1.82, 2.24) is 15.2 Å². The Balaban J connectivity index is 2.03. The Morgan fingerprint density at radius 2 is 2.36 bits per heavy atom. The van der Waals surface area contributed by atoms with Crippen LogP contribution in [0, 0.1) is 0 Å². The molecule has 6 nitrogen and oxygen atoms in total. The Morgan fingerprint density at radius 1 is 1.50 bits per heavy atom. The molecule has 0 spiro atoms. The Morgan fingerprint density at radius 3 is 3.09 bits per heavy atom. The van der Waals surface area contributed by atoms with Gasteiger partial charge in [-0.25, -0.2) is 0 Å². The second-order valence-corrected chi connectivity index (χ2v) is 6.52. The summed E-state index contributed by atoms with van der Waals surface area (Å²) in [5, 5.41) is 7.62. The Kier molecular flexibility index (Phi) is 2.82. The van der Waals surface area contributed by atoms with Crippen LogP contribution in [0.1, 0.15) is 18.2 Å². The Hall–Kier alpha value is -2.25. The lowest BCUT2D eigenvalue weighted by atomic mass is 9.92. The lowest BCUT2D eigenvalue weighted by Gasteiger charge is -2.31. The number of aldehydes is 1. The molecule has 2 N–H and O–H groups in total. The van der Waals surface area contributed by atoms with Gasteiger partial charge in [0, 0.05) is 22.0 Å². The molecule has 22 heavy (non-hydrogen) atoms. The predicted molar refractivity (Wildman–Crippen MR) is 83.1 cm³/mol. The first-order chi connectivity index (χ1) is 10.6. The number of hydrogen-bond donors (Lipinski definition) is 2. The highest BCUT2D eigenvalue weighted by molar-refractivity contribution is 7.22. The van der Waals surface area contributed by atoms with Crippen molar-refractivity contribution in [3.8, 4) is 10.4 Å². The molecule has 0 bridgehead atoms.